The maximum absolute atomic E-state index is 12.8. The van der Waals surface area contributed by atoms with Gasteiger partial charge in [0.05, 0.1) is 12.7 Å². The van der Waals surface area contributed by atoms with Crippen LogP contribution in [0, 0.1) is 6.92 Å². The Labute approximate surface area is 186 Å². The van der Waals surface area contributed by atoms with Crippen molar-refractivity contribution in [1.82, 2.24) is 9.88 Å². The number of carbonyl (C=O) groups is 1. The highest BCUT2D eigenvalue weighted by atomic mass is 16.5. The molecule has 1 atom stereocenters. The lowest BCUT2D eigenvalue weighted by molar-refractivity contribution is 0.0377. The Morgan fingerprint density at radius 2 is 2.03 bits per heavy atom. The predicted molar refractivity (Wildman–Crippen MR) is 124 cm³/mol. The average molecular weight is 426 g/mol. The second-order valence-electron chi connectivity index (χ2n) is 8.27. The number of esters is 1. The molecule has 168 valence electrons. The number of anilines is 1. The molecule has 0 radical (unpaired) electrons. The van der Waals surface area contributed by atoms with Crippen molar-refractivity contribution in [2.45, 2.75) is 59.7 Å². The lowest BCUT2D eigenvalue weighted by atomic mass is 10.1. The van der Waals surface area contributed by atoms with Gasteiger partial charge in [0.1, 0.15) is 17.1 Å². The van der Waals surface area contributed by atoms with Crippen LogP contribution in [-0.4, -0.2) is 54.2 Å². The first-order valence-electron chi connectivity index (χ1n) is 11.3. The summed E-state index contributed by atoms with van der Waals surface area (Å²) in [7, 11) is 0. The number of aromatic nitrogens is 1. The summed E-state index contributed by atoms with van der Waals surface area (Å²) >= 11 is 0. The van der Waals surface area contributed by atoms with Gasteiger partial charge >= 0.3 is 5.97 Å². The normalized spacial score (nSPS) is 16.2. The molecule has 0 spiro atoms. The van der Waals surface area contributed by atoms with E-state index in [1.807, 2.05) is 45.9 Å². The molecule has 31 heavy (non-hydrogen) atoms. The van der Waals surface area contributed by atoms with Crippen LogP contribution in [0.3, 0.4) is 0 Å². The maximum atomic E-state index is 12.8. The number of rotatable bonds is 9. The lowest BCUT2D eigenvalue weighted by Gasteiger charge is -2.29. The quantitative estimate of drug-likeness (QED) is 0.553. The van der Waals surface area contributed by atoms with Gasteiger partial charge in [-0.05, 0) is 58.4 Å². The molecule has 1 aliphatic heterocycles. The molecule has 0 bridgehead atoms. The highest BCUT2D eigenvalue weighted by molar-refractivity contribution is 5.96. The number of ether oxygens (including phenoxy) is 2. The fourth-order valence-corrected chi connectivity index (χ4v) is 4.19. The SMILES string of the molecule is CCOc1ccccc1CN(CC)C1CCN(c2nccc(C)c2C(=O)OC(C)C)C1. The van der Waals surface area contributed by atoms with Gasteiger partial charge in [-0.25, -0.2) is 9.78 Å². The van der Waals surface area contributed by atoms with E-state index >= 15 is 0 Å². The number of aryl methyl sites for hydroxylation is 1. The van der Waals surface area contributed by atoms with Crippen molar-refractivity contribution in [2.75, 3.05) is 31.1 Å². The van der Waals surface area contributed by atoms with E-state index in [-0.39, 0.29) is 12.1 Å². The molecule has 1 aliphatic rings. The van der Waals surface area contributed by atoms with E-state index < -0.39 is 0 Å². The predicted octanol–water partition coefficient (Wildman–Crippen LogP) is 4.45. The maximum Gasteiger partial charge on any atom is 0.342 e. The molecule has 6 nitrogen and oxygen atoms in total. The monoisotopic (exact) mass is 425 g/mol. The van der Waals surface area contributed by atoms with E-state index in [2.05, 4.69) is 33.8 Å². The molecule has 0 saturated carbocycles. The summed E-state index contributed by atoms with van der Waals surface area (Å²) in [6.45, 7) is 14.0. The van der Waals surface area contributed by atoms with Gasteiger partial charge in [-0.15, -0.1) is 0 Å². The van der Waals surface area contributed by atoms with Crippen LogP contribution in [-0.2, 0) is 11.3 Å². The number of pyridine rings is 1. The van der Waals surface area contributed by atoms with E-state index in [9.17, 15) is 4.79 Å². The number of nitrogens with zero attached hydrogens (tertiary/aromatic N) is 3. The molecule has 0 N–H and O–H groups in total. The lowest BCUT2D eigenvalue weighted by Crippen LogP contribution is -2.37. The Bertz CT molecular complexity index is 884. The van der Waals surface area contributed by atoms with Crippen molar-refractivity contribution in [3.8, 4) is 5.75 Å². The summed E-state index contributed by atoms with van der Waals surface area (Å²) in [4.78, 5) is 22.0. The number of hydrogen-bond acceptors (Lipinski definition) is 6. The van der Waals surface area contributed by atoms with Gasteiger partial charge in [0, 0.05) is 37.4 Å². The van der Waals surface area contributed by atoms with Crippen LogP contribution >= 0.6 is 0 Å². The third kappa shape index (κ3) is 5.56. The van der Waals surface area contributed by atoms with Crippen molar-refractivity contribution >= 4 is 11.8 Å². The van der Waals surface area contributed by atoms with Crippen molar-refractivity contribution in [3.63, 3.8) is 0 Å². The molecule has 1 fully saturated rings. The van der Waals surface area contributed by atoms with Crippen molar-refractivity contribution < 1.29 is 14.3 Å². The average Bonchev–Trinajstić information content (AvgIpc) is 3.22. The summed E-state index contributed by atoms with van der Waals surface area (Å²) in [5.74, 6) is 1.40. The Kier molecular flexibility index (Phi) is 7.91. The van der Waals surface area contributed by atoms with Crippen molar-refractivity contribution in [2.24, 2.45) is 0 Å². The van der Waals surface area contributed by atoms with Crippen LogP contribution in [0.25, 0.3) is 0 Å². The Balaban J connectivity index is 1.77. The van der Waals surface area contributed by atoms with Gasteiger partial charge in [0.2, 0.25) is 0 Å². The molecule has 0 amide bonds. The first-order chi connectivity index (χ1) is 14.9. The minimum Gasteiger partial charge on any atom is -0.494 e. The molecule has 2 heterocycles. The molecule has 0 aliphatic carbocycles. The molecule has 1 unspecified atom stereocenters. The van der Waals surface area contributed by atoms with Crippen LogP contribution in [0.1, 0.15) is 55.6 Å². The number of para-hydroxylation sites is 1. The second-order valence-corrected chi connectivity index (χ2v) is 8.27. The third-order valence-corrected chi connectivity index (χ3v) is 5.72. The third-order valence-electron chi connectivity index (χ3n) is 5.72. The van der Waals surface area contributed by atoms with Gasteiger partial charge in [-0.2, -0.15) is 0 Å². The molecule has 1 saturated heterocycles. The summed E-state index contributed by atoms with van der Waals surface area (Å²) in [6, 6.07) is 10.5. The van der Waals surface area contributed by atoms with E-state index in [1.165, 1.54) is 5.56 Å². The number of likely N-dealkylation sites (N-methyl/N-ethyl adjacent to an activating group) is 1. The summed E-state index contributed by atoms with van der Waals surface area (Å²) in [6.07, 6.45) is 2.64. The van der Waals surface area contributed by atoms with Gasteiger partial charge in [0.15, 0.2) is 0 Å². The molecule has 2 aromatic rings. The molecule has 6 heteroatoms. The van der Waals surface area contributed by atoms with Crippen LogP contribution in [0.5, 0.6) is 5.75 Å². The largest absolute Gasteiger partial charge is 0.494 e. The van der Waals surface area contributed by atoms with Gasteiger partial charge < -0.3 is 14.4 Å². The second kappa shape index (κ2) is 10.6. The number of carbonyl (C=O) groups excluding carboxylic acids is 1. The van der Waals surface area contributed by atoms with Gasteiger partial charge in [-0.3, -0.25) is 4.90 Å². The first-order valence-corrected chi connectivity index (χ1v) is 11.3. The summed E-state index contributed by atoms with van der Waals surface area (Å²) < 4.78 is 11.3. The van der Waals surface area contributed by atoms with E-state index in [0.29, 0.717) is 18.2 Å². The van der Waals surface area contributed by atoms with Crippen LogP contribution in [0.2, 0.25) is 0 Å². The Morgan fingerprint density at radius 1 is 1.26 bits per heavy atom. The Hall–Kier alpha value is -2.60. The Morgan fingerprint density at radius 3 is 2.74 bits per heavy atom. The highest BCUT2D eigenvalue weighted by Gasteiger charge is 2.31. The smallest absolute Gasteiger partial charge is 0.342 e. The van der Waals surface area contributed by atoms with Crippen LogP contribution in [0.4, 0.5) is 5.82 Å². The molecular formula is C25H35N3O3. The number of hydrogen-bond donors (Lipinski definition) is 0. The molecule has 3 rings (SSSR count). The van der Waals surface area contributed by atoms with Crippen molar-refractivity contribution in [1.29, 1.82) is 0 Å². The minimum atomic E-state index is -0.294. The van der Waals surface area contributed by atoms with E-state index in [0.717, 1.165) is 49.7 Å². The first kappa shape index (κ1) is 23.1. The zero-order chi connectivity index (χ0) is 22.4. The van der Waals surface area contributed by atoms with Gasteiger partial charge in [0.25, 0.3) is 0 Å². The van der Waals surface area contributed by atoms with E-state index in [1.54, 1.807) is 6.20 Å². The minimum absolute atomic E-state index is 0.160. The molecular weight excluding hydrogens is 390 g/mol. The molecule has 1 aromatic carbocycles. The topological polar surface area (TPSA) is 54.9 Å². The standard InChI is InChI=1S/C25H35N3O3/c1-6-27(16-20-10-8-9-11-22(20)30-7-2)21-13-15-28(17-21)24-23(19(5)12-14-26-24)25(29)31-18(3)4/h8-12,14,18,21H,6-7,13,15-17H2,1-5H3. The highest BCUT2D eigenvalue weighted by Crippen LogP contribution is 2.29. The van der Waals surface area contributed by atoms with Crippen LogP contribution < -0.4 is 9.64 Å². The van der Waals surface area contributed by atoms with Crippen LogP contribution in [0.15, 0.2) is 36.5 Å². The number of benzene rings is 1. The summed E-state index contributed by atoms with van der Waals surface area (Å²) in [5, 5.41) is 0. The fraction of sp³-hybridized carbons (Fsp3) is 0.520. The van der Waals surface area contributed by atoms with E-state index in [4.69, 9.17) is 9.47 Å². The van der Waals surface area contributed by atoms with Gasteiger partial charge in [-0.1, -0.05) is 25.1 Å². The zero-order valence-corrected chi connectivity index (χ0v) is 19.4. The molecule has 1 aromatic heterocycles. The fourth-order valence-electron chi connectivity index (χ4n) is 4.19. The zero-order valence-electron chi connectivity index (χ0n) is 19.4. The van der Waals surface area contributed by atoms with Crippen molar-refractivity contribution in [3.05, 3.63) is 53.2 Å². The summed E-state index contributed by atoms with van der Waals surface area (Å²) in [5.41, 5.74) is 2.69.